The minimum absolute atomic E-state index is 0.0361. The number of nitrogens with two attached hydrogens (primary N) is 1. The summed E-state index contributed by atoms with van der Waals surface area (Å²) < 4.78 is 14.4. The number of nitrogens with one attached hydrogen (secondary N) is 1. The van der Waals surface area contributed by atoms with Crippen LogP contribution in [0.15, 0.2) is 30.6 Å². The summed E-state index contributed by atoms with van der Waals surface area (Å²) in [5.41, 5.74) is 7.73. The van der Waals surface area contributed by atoms with Crippen LogP contribution in [0.2, 0.25) is 0 Å². The SMILES string of the molecule is Cc1cccc(NC2CCCN(C3CCCN(c4ncnc(N)c4F)C3)C2=O)c1. The molecule has 2 aliphatic heterocycles. The Morgan fingerprint density at radius 2 is 2.03 bits per heavy atom. The van der Waals surface area contributed by atoms with E-state index in [2.05, 4.69) is 21.4 Å². The third kappa shape index (κ3) is 4.11. The van der Waals surface area contributed by atoms with Crippen LogP contribution >= 0.6 is 0 Å². The number of piperidine rings is 2. The van der Waals surface area contributed by atoms with E-state index in [-0.39, 0.29) is 29.6 Å². The average Bonchev–Trinajstić information content (AvgIpc) is 2.72. The van der Waals surface area contributed by atoms with Gasteiger partial charge in [0.1, 0.15) is 12.4 Å². The molecule has 3 heterocycles. The van der Waals surface area contributed by atoms with E-state index in [0.717, 1.165) is 43.5 Å². The molecule has 0 radical (unpaired) electrons. The van der Waals surface area contributed by atoms with Gasteiger partial charge in [-0.05, 0) is 50.3 Å². The van der Waals surface area contributed by atoms with Crippen LogP contribution in [0.3, 0.4) is 0 Å². The molecule has 2 aliphatic rings. The summed E-state index contributed by atoms with van der Waals surface area (Å²) in [6.07, 6.45) is 4.82. The van der Waals surface area contributed by atoms with Crippen molar-refractivity contribution in [3.8, 4) is 0 Å². The van der Waals surface area contributed by atoms with Gasteiger partial charge in [-0.25, -0.2) is 9.97 Å². The Hall–Kier alpha value is -2.90. The zero-order chi connectivity index (χ0) is 20.4. The van der Waals surface area contributed by atoms with E-state index in [1.54, 1.807) is 0 Å². The molecule has 0 saturated carbocycles. The lowest BCUT2D eigenvalue weighted by molar-refractivity contribution is -0.137. The van der Waals surface area contributed by atoms with Crippen molar-refractivity contribution in [2.75, 3.05) is 35.6 Å². The molecule has 7 nitrogen and oxygen atoms in total. The summed E-state index contributed by atoms with van der Waals surface area (Å²) in [7, 11) is 0. The second-order valence-electron chi connectivity index (χ2n) is 7.88. The topological polar surface area (TPSA) is 87.4 Å². The number of carbonyl (C=O) groups excluding carboxylic acids is 1. The van der Waals surface area contributed by atoms with Crippen LogP contribution in [0.5, 0.6) is 0 Å². The fourth-order valence-electron chi connectivity index (χ4n) is 4.33. The summed E-state index contributed by atoms with van der Waals surface area (Å²) in [5.74, 6) is -0.390. The highest BCUT2D eigenvalue weighted by Gasteiger charge is 2.36. The Kier molecular flexibility index (Phi) is 5.51. The molecule has 4 rings (SSSR count). The van der Waals surface area contributed by atoms with E-state index in [1.807, 2.05) is 34.9 Å². The van der Waals surface area contributed by atoms with Crippen molar-refractivity contribution in [2.45, 2.75) is 44.7 Å². The van der Waals surface area contributed by atoms with Crippen molar-refractivity contribution < 1.29 is 9.18 Å². The van der Waals surface area contributed by atoms with Gasteiger partial charge in [-0.15, -0.1) is 0 Å². The number of benzene rings is 1. The zero-order valence-electron chi connectivity index (χ0n) is 16.6. The number of anilines is 3. The fourth-order valence-corrected chi connectivity index (χ4v) is 4.33. The Balaban J connectivity index is 1.47. The number of hydrogen-bond donors (Lipinski definition) is 2. The highest BCUT2D eigenvalue weighted by atomic mass is 19.1. The van der Waals surface area contributed by atoms with Crippen molar-refractivity contribution in [1.82, 2.24) is 14.9 Å². The lowest BCUT2D eigenvalue weighted by atomic mass is 9.97. The standard InChI is InChI=1S/C21H27FN6O/c1-14-5-2-6-15(11-14)26-17-8-4-10-28(21(17)29)16-7-3-9-27(12-16)20-18(22)19(23)24-13-25-20/h2,5-6,11,13,16-17,26H,3-4,7-10,12H2,1H3,(H2,23,24,25). The number of halogens is 1. The number of rotatable bonds is 4. The Morgan fingerprint density at radius 3 is 2.86 bits per heavy atom. The largest absolute Gasteiger partial charge is 0.381 e. The maximum Gasteiger partial charge on any atom is 0.245 e. The van der Waals surface area contributed by atoms with Gasteiger partial charge in [0.2, 0.25) is 11.7 Å². The average molecular weight is 398 g/mol. The molecule has 2 unspecified atom stereocenters. The molecule has 0 aliphatic carbocycles. The second kappa shape index (κ2) is 8.23. The molecule has 154 valence electrons. The van der Waals surface area contributed by atoms with Gasteiger partial charge in [0, 0.05) is 31.4 Å². The van der Waals surface area contributed by atoms with Crippen molar-refractivity contribution in [1.29, 1.82) is 0 Å². The Morgan fingerprint density at radius 1 is 1.21 bits per heavy atom. The van der Waals surface area contributed by atoms with E-state index in [1.165, 1.54) is 6.33 Å². The predicted octanol–water partition coefficient (Wildman–Crippen LogP) is 2.58. The molecule has 1 aromatic carbocycles. The second-order valence-corrected chi connectivity index (χ2v) is 7.88. The number of hydrogen-bond acceptors (Lipinski definition) is 6. The van der Waals surface area contributed by atoms with Gasteiger partial charge >= 0.3 is 0 Å². The van der Waals surface area contributed by atoms with Crippen molar-refractivity contribution in [3.05, 3.63) is 42.0 Å². The molecule has 1 aromatic heterocycles. The van der Waals surface area contributed by atoms with Crippen LogP contribution in [0.1, 0.15) is 31.2 Å². The molecular formula is C21H27FN6O. The minimum atomic E-state index is -0.586. The zero-order valence-corrected chi connectivity index (χ0v) is 16.6. The molecule has 29 heavy (non-hydrogen) atoms. The number of likely N-dealkylation sites (tertiary alicyclic amines) is 1. The molecule has 2 atom stereocenters. The Bertz CT molecular complexity index is 891. The van der Waals surface area contributed by atoms with Crippen LogP contribution in [0.4, 0.5) is 21.7 Å². The van der Waals surface area contributed by atoms with Crippen LogP contribution in [0, 0.1) is 12.7 Å². The molecule has 2 saturated heterocycles. The van der Waals surface area contributed by atoms with Crippen LogP contribution < -0.4 is 16.0 Å². The summed E-state index contributed by atoms with van der Waals surface area (Å²) >= 11 is 0. The monoisotopic (exact) mass is 398 g/mol. The molecule has 2 fully saturated rings. The van der Waals surface area contributed by atoms with E-state index in [0.29, 0.717) is 13.1 Å². The number of aryl methyl sites for hydroxylation is 1. The smallest absolute Gasteiger partial charge is 0.245 e. The minimum Gasteiger partial charge on any atom is -0.381 e. The highest BCUT2D eigenvalue weighted by molar-refractivity contribution is 5.85. The summed E-state index contributed by atoms with van der Waals surface area (Å²) in [6.45, 7) is 4.01. The van der Waals surface area contributed by atoms with Gasteiger partial charge in [0.25, 0.3) is 0 Å². The highest BCUT2D eigenvalue weighted by Crippen LogP contribution is 2.27. The van der Waals surface area contributed by atoms with Crippen molar-refractivity contribution in [3.63, 3.8) is 0 Å². The Labute approximate surface area is 170 Å². The molecule has 0 spiro atoms. The first kappa shape index (κ1) is 19.4. The molecule has 3 N–H and O–H groups in total. The van der Waals surface area contributed by atoms with Gasteiger partial charge < -0.3 is 20.9 Å². The maximum atomic E-state index is 14.4. The van der Waals surface area contributed by atoms with Gasteiger partial charge in [0.15, 0.2) is 11.6 Å². The molecular weight excluding hydrogens is 371 g/mol. The summed E-state index contributed by atoms with van der Waals surface area (Å²) in [4.78, 5) is 24.8. The van der Waals surface area contributed by atoms with Crippen molar-refractivity contribution >= 4 is 23.2 Å². The van der Waals surface area contributed by atoms with Crippen molar-refractivity contribution in [2.24, 2.45) is 0 Å². The van der Waals surface area contributed by atoms with Crippen LogP contribution in [0.25, 0.3) is 0 Å². The number of amides is 1. The molecule has 1 amide bonds. The summed E-state index contributed by atoms with van der Waals surface area (Å²) in [6, 6.07) is 7.88. The lowest BCUT2D eigenvalue weighted by Crippen LogP contribution is -2.56. The van der Waals surface area contributed by atoms with E-state index < -0.39 is 5.82 Å². The number of carbonyl (C=O) groups is 1. The predicted molar refractivity (Wildman–Crippen MR) is 111 cm³/mol. The molecule has 0 bridgehead atoms. The third-order valence-electron chi connectivity index (χ3n) is 5.77. The van der Waals surface area contributed by atoms with E-state index in [9.17, 15) is 9.18 Å². The number of nitrogen functional groups attached to an aromatic ring is 1. The summed E-state index contributed by atoms with van der Waals surface area (Å²) in [5, 5.41) is 3.40. The first-order valence-corrected chi connectivity index (χ1v) is 10.2. The van der Waals surface area contributed by atoms with Gasteiger partial charge in [-0.2, -0.15) is 4.39 Å². The first-order valence-electron chi connectivity index (χ1n) is 10.2. The normalized spacial score (nSPS) is 22.6. The first-order chi connectivity index (χ1) is 14.0. The molecule has 2 aromatic rings. The lowest BCUT2D eigenvalue weighted by Gasteiger charge is -2.43. The number of nitrogens with zero attached hydrogens (tertiary/aromatic N) is 4. The number of aromatic nitrogens is 2. The van der Waals surface area contributed by atoms with Gasteiger partial charge in [-0.3, -0.25) is 4.79 Å². The van der Waals surface area contributed by atoms with E-state index in [4.69, 9.17) is 5.73 Å². The fraction of sp³-hybridized carbons (Fsp3) is 0.476. The quantitative estimate of drug-likeness (QED) is 0.823. The maximum absolute atomic E-state index is 14.4. The van der Waals surface area contributed by atoms with Crippen LogP contribution in [-0.2, 0) is 4.79 Å². The van der Waals surface area contributed by atoms with Gasteiger partial charge in [-0.1, -0.05) is 12.1 Å². The van der Waals surface area contributed by atoms with Gasteiger partial charge in [0.05, 0.1) is 0 Å². The third-order valence-corrected chi connectivity index (χ3v) is 5.77. The van der Waals surface area contributed by atoms with Crippen LogP contribution in [-0.4, -0.2) is 52.5 Å². The molecule has 8 heteroatoms. The van der Waals surface area contributed by atoms with E-state index >= 15 is 0 Å².